The van der Waals surface area contributed by atoms with E-state index in [9.17, 15) is 0 Å². The first-order valence-corrected chi connectivity index (χ1v) is 23.7. The van der Waals surface area contributed by atoms with Gasteiger partial charge in [-0.25, -0.2) is 0 Å². The Morgan fingerprint density at radius 1 is 0.235 bits per heavy atom. The molecule has 2 aliphatic carbocycles. The van der Waals surface area contributed by atoms with Crippen molar-refractivity contribution in [2.45, 2.75) is 5.41 Å². The van der Waals surface area contributed by atoms with Crippen LogP contribution in [0.4, 0.5) is 17.1 Å². The van der Waals surface area contributed by atoms with Crippen molar-refractivity contribution >= 4 is 49.4 Å². The number of benzene rings is 12. The standard InChI is InChI=1S/C67H43N/c1-2-17-44(18-3-1)45-33-35-46(36-34-45)50-19-11-15-32-65(50)68(49-41-42-56-54-22-5-4-20-52(54)53-21-6-7-23-55(53)61(56)43-49)48-39-37-47(38-40-48)51-27-16-28-60-59-26-10-14-31-64(59)67(66(51)60)62-29-12-8-24-57(62)58-25-9-13-30-63(58)67/h1-43H. The summed E-state index contributed by atoms with van der Waals surface area (Å²) in [7, 11) is 0. The minimum atomic E-state index is -0.437. The van der Waals surface area contributed by atoms with E-state index in [0.717, 1.165) is 17.1 Å². The third-order valence-corrected chi connectivity index (χ3v) is 14.9. The van der Waals surface area contributed by atoms with Crippen LogP contribution in [0.1, 0.15) is 22.3 Å². The van der Waals surface area contributed by atoms with Crippen LogP contribution in [-0.4, -0.2) is 0 Å². The molecule has 0 atom stereocenters. The summed E-state index contributed by atoms with van der Waals surface area (Å²) in [6.45, 7) is 0. The summed E-state index contributed by atoms with van der Waals surface area (Å²) in [6.07, 6.45) is 0. The Labute approximate surface area is 396 Å². The number of anilines is 3. The number of rotatable bonds is 6. The van der Waals surface area contributed by atoms with Crippen molar-refractivity contribution in [2.24, 2.45) is 0 Å². The summed E-state index contributed by atoms with van der Waals surface area (Å²) in [5.41, 5.74) is 20.7. The average molecular weight is 862 g/mol. The average Bonchev–Trinajstić information content (AvgIpc) is 3.89. The third-order valence-electron chi connectivity index (χ3n) is 14.9. The van der Waals surface area contributed by atoms with Gasteiger partial charge in [-0.05, 0) is 135 Å². The van der Waals surface area contributed by atoms with E-state index < -0.39 is 5.41 Å². The van der Waals surface area contributed by atoms with Gasteiger partial charge in [-0.15, -0.1) is 0 Å². The topological polar surface area (TPSA) is 3.24 Å². The molecule has 0 bridgehead atoms. The molecule has 1 heteroatoms. The Morgan fingerprint density at radius 3 is 1.25 bits per heavy atom. The van der Waals surface area contributed by atoms with E-state index in [1.54, 1.807) is 0 Å². The SMILES string of the molecule is c1ccc(-c2ccc(-c3ccccc3N(c3ccc(-c4cccc5c4C4(c6ccccc6-c6ccccc64)c4ccccc4-5)cc3)c3ccc4c5ccccc5c5ccccc5c4c3)cc2)cc1. The molecule has 0 N–H and O–H groups in total. The molecule has 68 heavy (non-hydrogen) atoms. The van der Waals surface area contributed by atoms with Crippen LogP contribution in [0.2, 0.25) is 0 Å². The van der Waals surface area contributed by atoms with Crippen molar-refractivity contribution in [1.29, 1.82) is 0 Å². The van der Waals surface area contributed by atoms with E-state index in [1.807, 2.05) is 0 Å². The van der Waals surface area contributed by atoms with Gasteiger partial charge in [-0.3, -0.25) is 0 Å². The maximum Gasteiger partial charge on any atom is 0.0731 e. The van der Waals surface area contributed by atoms with Crippen LogP contribution >= 0.6 is 0 Å². The van der Waals surface area contributed by atoms with Crippen LogP contribution in [0.5, 0.6) is 0 Å². The van der Waals surface area contributed by atoms with Gasteiger partial charge in [0.2, 0.25) is 0 Å². The van der Waals surface area contributed by atoms with Gasteiger partial charge in [0.15, 0.2) is 0 Å². The van der Waals surface area contributed by atoms with Gasteiger partial charge in [0, 0.05) is 16.9 Å². The number of hydrogen-bond acceptors (Lipinski definition) is 1. The number of hydrogen-bond donors (Lipinski definition) is 0. The molecule has 0 fully saturated rings. The Bertz CT molecular complexity index is 3860. The number of nitrogens with zero attached hydrogens (tertiary/aromatic N) is 1. The molecule has 1 spiro atoms. The summed E-state index contributed by atoms with van der Waals surface area (Å²) in [4.78, 5) is 2.46. The Kier molecular flexibility index (Phi) is 8.57. The predicted molar refractivity (Wildman–Crippen MR) is 286 cm³/mol. The molecule has 316 valence electrons. The smallest absolute Gasteiger partial charge is 0.0731 e. The van der Waals surface area contributed by atoms with Gasteiger partial charge in [-0.1, -0.05) is 231 Å². The summed E-state index contributed by atoms with van der Waals surface area (Å²) in [5, 5.41) is 7.57. The first-order valence-electron chi connectivity index (χ1n) is 23.7. The summed E-state index contributed by atoms with van der Waals surface area (Å²) < 4.78 is 0. The molecule has 0 unspecified atom stereocenters. The zero-order valence-electron chi connectivity index (χ0n) is 37.3. The molecule has 12 aromatic rings. The van der Waals surface area contributed by atoms with E-state index in [0.29, 0.717) is 0 Å². The van der Waals surface area contributed by atoms with E-state index in [1.165, 1.54) is 110 Å². The number of fused-ring (bicyclic) bond motifs is 16. The van der Waals surface area contributed by atoms with E-state index in [4.69, 9.17) is 0 Å². The molecule has 12 aromatic carbocycles. The molecule has 0 saturated heterocycles. The lowest BCUT2D eigenvalue weighted by Crippen LogP contribution is -2.26. The zero-order valence-corrected chi connectivity index (χ0v) is 37.3. The van der Waals surface area contributed by atoms with Crippen LogP contribution in [0.3, 0.4) is 0 Å². The van der Waals surface area contributed by atoms with Gasteiger partial charge in [0.1, 0.15) is 0 Å². The highest BCUT2D eigenvalue weighted by atomic mass is 15.1. The monoisotopic (exact) mass is 861 g/mol. The van der Waals surface area contributed by atoms with E-state index in [-0.39, 0.29) is 0 Å². The second-order valence-corrected chi connectivity index (χ2v) is 18.3. The minimum absolute atomic E-state index is 0.437. The molecular formula is C67H43N. The van der Waals surface area contributed by atoms with Crippen molar-refractivity contribution in [3.8, 4) is 55.6 Å². The predicted octanol–water partition coefficient (Wildman–Crippen LogP) is 18.0. The van der Waals surface area contributed by atoms with Crippen molar-refractivity contribution in [3.63, 3.8) is 0 Å². The molecule has 0 saturated carbocycles. The normalized spacial score (nSPS) is 12.8. The molecule has 0 amide bonds. The number of para-hydroxylation sites is 1. The largest absolute Gasteiger partial charge is 0.310 e. The van der Waals surface area contributed by atoms with Crippen molar-refractivity contribution in [3.05, 3.63) is 283 Å². The van der Waals surface area contributed by atoms with E-state index >= 15 is 0 Å². The zero-order chi connectivity index (χ0) is 44.8. The quantitative estimate of drug-likeness (QED) is 0.151. The fraction of sp³-hybridized carbons (Fsp3) is 0.0149. The fourth-order valence-corrected chi connectivity index (χ4v) is 12.0. The highest BCUT2D eigenvalue weighted by Crippen LogP contribution is 2.64. The molecule has 0 aromatic heterocycles. The molecule has 2 aliphatic rings. The lowest BCUT2D eigenvalue weighted by Gasteiger charge is -2.32. The summed E-state index contributed by atoms with van der Waals surface area (Å²) >= 11 is 0. The van der Waals surface area contributed by atoms with Crippen molar-refractivity contribution in [2.75, 3.05) is 4.90 Å². The summed E-state index contributed by atoms with van der Waals surface area (Å²) in [5.74, 6) is 0. The second-order valence-electron chi connectivity index (χ2n) is 18.3. The molecule has 0 radical (unpaired) electrons. The first-order chi connectivity index (χ1) is 33.8. The van der Waals surface area contributed by atoms with Gasteiger partial charge in [0.25, 0.3) is 0 Å². The Balaban J connectivity index is 0.967. The van der Waals surface area contributed by atoms with Gasteiger partial charge >= 0.3 is 0 Å². The fourth-order valence-electron chi connectivity index (χ4n) is 12.0. The lowest BCUT2D eigenvalue weighted by molar-refractivity contribution is 0.796. The third kappa shape index (κ3) is 5.57. The van der Waals surface area contributed by atoms with Gasteiger partial charge in [-0.2, -0.15) is 0 Å². The second kappa shape index (κ2) is 15.1. The van der Waals surface area contributed by atoms with Crippen LogP contribution < -0.4 is 4.90 Å². The highest BCUT2D eigenvalue weighted by molar-refractivity contribution is 6.26. The molecule has 14 rings (SSSR count). The van der Waals surface area contributed by atoms with Crippen molar-refractivity contribution < 1.29 is 0 Å². The Morgan fingerprint density at radius 2 is 0.632 bits per heavy atom. The highest BCUT2D eigenvalue weighted by Gasteiger charge is 2.52. The first kappa shape index (κ1) is 38.5. The molecule has 0 aliphatic heterocycles. The minimum Gasteiger partial charge on any atom is -0.310 e. The van der Waals surface area contributed by atoms with Crippen LogP contribution in [0.25, 0.3) is 88.0 Å². The van der Waals surface area contributed by atoms with Crippen LogP contribution in [-0.2, 0) is 5.41 Å². The summed E-state index contributed by atoms with van der Waals surface area (Å²) in [6, 6.07) is 96.8. The van der Waals surface area contributed by atoms with Crippen molar-refractivity contribution in [1.82, 2.24) is 0 Å². The Hall–Kier alpha value is -8.78. The van der Waals surface area contributed by atoms with Crippen LogP contribution in [0.15, 0.2) is 261 Å². The molecular weight excluding hydrogens is 819 g/mol. The molecule has 1 nitrogen and oxygen atoms in total. The van der Waals surface area contributed by atoms with E-state index in [2.05, 4.69) is 266 Å². The maximum absolute atomic E-state index is 2.46. The van der Waals surface area contributed by atoms with Gasteiger partial charge in [0.05, 0.1) is 11.1 Å². The lowest BCUT2D eigenvalue weighted by atomic mass is 9.68. The molecule has 0 heterocycles. The maximum atomic E-state index is 2.46. The van der Waals surface area contributed by atoms with Crippen LogP contribution in [0, 0.1) is 0 Å². The van der Waals surface area contributed by atoms with Gasteiger partial charge < -0.3 is 4.90 Å².